The topological polar surface area (TPSA) is 32.3 Å². The lowest BCUT2D eigenvalue weighted by atomic mass is 9.99. The van der Waals surface area contributed by atoms with Gasteiger partial charge in [-0.2, -0.15) is 0 Å². The van der Waals surface area contributed by atoms with E-state index in [2.05, 4.69) is 31.3 Å². The number of hydrogen-bond acceptors (Lipinski definition) is 2. The molecule has 0 aromatic heterocycles. The van der Waals surface area contributed by atoms with Crippen molar-refractivity contribution < 1.29 is 5.11 Å². The van der Waals surface area contributed by atoms with E-state index in [0.29, 0.717) is 10.8 Å². The summed E-state index contributed by atoms with van der Waals surface area (Å²) >= 11 is 6.26. The SMILES string of the molecule is Cc1cccc(NC(C)c2cc(Cl)c(C)c(C)c2O)c1C. The Hall–Kier alpha value is -1.67. The molecule has 0 amide bonds. The smallest absolute Gasteiger partial charge is 0.124 e. The Labute approximate surface area is 131 Å². The summed E-state index contributed by atoms with van der Waals surface area (Å²) in [5, 5.41) is 14.5. The van der Waals surface area contributed by atoms with Crippen LogP contribution in [-0.4, -0.2) is 5.11 Å². The van der Waals surface area contributed by atoms with Crippen molar-refractivity contribution in [2.75, 3.05) is 5.32 Å². The van der Waals surface area contributed by atoms with E-state index in [-0.39, 0.29) is 6.04 Å². The second-order valence-corrected chi connectivity index (χ2v) is 6.07. The van der Waals surface area contributed by atoms with Crippen LogP contribution in [0.25, 0.3) is 0 Å². The Balaban J connectivity index is 2.37. The van der Waals surface area contributed by atoms with Gasteiger partial charge in [-0.3, -0.25) is 0 Å². The molecule has 0 spiro atoms. The lowest BCUT2D eigenvalue weighted by molar-refractivity contribution is 0.460. The second kappa shape index (κ2) is 5.98. The van der Waals surface area contributed by atoms with E-state index >= 15 is 0 Å². The maximum Gasteiger partial charge on any atom is 0.124 e. The molecule has 2 aromatic rings. The molecule has 112 valence electrons. The Morgan fingerprint density at radius 3 is 2.38 bits per heavy atom. The van der Waals surface area contributed by atoms with Gasteiger partial charge >= 0.3 is 0 Å². The lowest BCUT2D eigenvalue weighted by Crippen LogP contribution is -2.09. The van der Waals surface area contributed by atoms with Crippen molar-refractivity contribution in [3.63, 3.8) is 0 Å². The predicted octanol–water partition coefficient (Wildman–Crippen LogP) is 5.45. The summed E-state index contributed by atoms with van der Waals surface area (Å²) in [6, 6.07) is 8.00. The second-order valence-electron chi connectivity index (χ2n) is 5.66. The van der Waals surface area contributed by atoms with E-state index in [4.69, 9.17) is 11.6 Å². The van der Waals surface area contributed by atoms with Crippen LogP contribution in [-0.2, 0) is 0 Å². The van der Waals surface area contributed by atoms with Crippen LogP contribution < -0.4 is 5.32 Å². The van der Waals surface area contributed by atoms with E-state index in [1.807, 2.05) is 32.9 Å². The largest absolute Gasteiger partial charge is 0.507 e. The first-order valence-corrected chi connectivity index (χ1v) is 7.52. The Morgan fingerprint density at radius 2 is 1.71 bits per heavy atom. The number of nitrogens with one attached hydrogen (secondary N) is 1. The van der Waals surface area contributed by atoms with Gasteiger partial charge in [0.25, 0.3) is 0 Å². The zero-order valence-electron chi connectivity index (χ0n) is 13.2. The fourth-order valence-electron chi connectivity index (χ4n) is 2.43. The molecular formula is C18H22ClNO. The summed E-state index contributed by atoms with van der Waals surface area (Å²) in [6.45, 7) is 10.0. The van der Waals surface area contributed by atoms with Gasteiger partial charge in [-0.25, -0.2) is 0 Å². The number of anilines is 1. The van der Waals surface area contributed by atoms with Crippen LogP contribution in [0.3, 0.4) is 0 Å². The number of phenolic OH excluding ortho intramolecular Hbond substituents is 1. The predicted molar refractivity (Wildman–Crippen MR) is 90.5 cm³/mol. The highest BCUT2D eigenvalue weighted by atomic mass is 35.5. The molecule has 0 fully saturated rings. The van der Waals surface area contributed by atoms with Crippen molar-refractivity contribution >= 4 is 17.3 Å². The molecule has 0 aliphatic heterocycles. The Morgan fingerprint density at radius 1 is 1.05 bits per heavy atom. The molecule has 0 aliphatic rings. The number of aryl methyl sites for hydroxylation is 1. The van der Waals surface area contributed by atoms with Crippen LogP contribution in [0.5, 0.6) is 5.75 Å². The molecule has 21 heavy (non-hydrogen) atoms. The van der Waals surface area contributed by atoms with Gasteiger partial charge in [0.1, 0.15) is 5.75 Å². The maximum atomic E-state index is 10.4. The molecule has 3 heteroatoms. The summed E-state index contributed by atoms with van der Waals surface area (Å²) in [6.07, 6.45) is 0. The summed E-state index contributed by atoms with van der Waals surface area (Å²) < 4.78 is 0. The highest BCUT2D eigenvalue weighted by Gasteiger charge is 2.16. The molecule has 0 heterocycles. The minimum Gasteiger partial charge on any atom is -0.507 e. The Bertz CT molecular complexity index is 679. The van der Waals surface area contributed by atoms with Crippen molar-refractivity contribution in [2.24, 2.45) is 0 Å². The van der Waals surface area contributed by atoms with Crippen LogP contribution in [0.1, 0.15) is 40.8 Å². The average Bonchev–Trinajstić information content (AvgIpc) is 2.45. The number of hydrogen-bond donors (Lipinski definition) is 2. The van der Waals surface area contributed by atoms with Crippen molar-refractivity contribution in [1.82, 2.24) is 0 Å². The summed E-state index contributed by atoms with van der Waals surface area (Å²) in [5.41, 5.74) is 6.14. The molecule has 1 unspecified atom stereocenters. The standard InChI is InChI=1S/C18H22ClNO/c1-10-7-6-8-17(11(10)2)20-14(5)15-9-16(19)12(3)13(4)18(15)21/h6-9,14,20-21H,1-5H3. The third kappa shape index (κ3) is 3.01. The minimum absolute atomic E-state index is 0.0256. The number of halogens is 1. The third-order valence-electron chi connectivity index (χ3n) is 4.27. The van der Waals surface area contributed by atoms with Gasteiger partial charge in [0.15, 0.2) is 0 Å². The molecule has 2 nitrogen and oxygen atoms in total. The van der Waals surface area contributed by atoms with Crippen LogP contribution in [0.15, 0.2) is 24.3 Å². The van der Waals surface area contributed by atoms with E-state index in [1.54, 1.807) is 0 Å². The monoisotopic (exact) mass is 303 g/mol. The number of rotatable bonds is 3. The van der Waals surface area contributed by atoms with Gasteiger partial charge in [-0.15, -0.1) is 0 Å². The summed E-state index contributed by atoms with van der Waals surface area (Å²) in [4.78, 5) is 0. The fourth-order valence-corrected chi connectivity index (χ4v) is 2.69. The van der Waals surface area contributed by atoms with Crippen molar-refractivity contribution in [2.45, 2.75) is 40.7 Å². The van der Waals surface area contributed by atoms with Gasteiger partial charge in [0.2, 0.25) is 0 Å². The molecule has 0 bridgehead atoms. The number of benzene rings is 2. The first kappa shape index (κ1) is 15.7. The minimum atomic E-state index is -0.0256. The van der Waals surface area contributed by atoms with Gasteiger partial charge in [-0.05, 0) is 69.0 Å². The molecule has 2 N–H and O–H groups in total. The quantitative estimate of drug-likeness (QED) is 0.790. The van der Waals surface area contributed by atoms with Gasteiger partial charge < -0.3 is 10.4 Å². The number of aromatic hydroxyl groups is 1. The molecule has 2 rings (SSSR count). The summed E-state index contributed by atoms with van der Waals surface area (Å²) in [7, 11) is 0. The first-order chi connectivity index (χ1) is 9.82. The van der Waals surface area contributed by atoms with Crippen molar-refractivity contribution in [1.29, 1.82) is 0 Å². The number of phenols is 1. The van der Waals surface area contributed by atoms with Gasteiger partial charge in [0.05, 0.1) is 6.04 Å². The molecule has 1 atom stereocenters. The average molecular weight is 304 g/mol. The molecule has 0 saturated heterocycles. The molecule has 0 aliphatic carbocycles. The van der Waals surface area contributed by atoms with Crippen LogP contribution in [0, 0.1) is 27.7 Å². The van der Waals surface area contributed by atoms with Crippen LogP contribution >= 0.6 is 11.6 Å². The first-order valence-electron chi connectivity index (χ1n) is 7.14. The zero-order chi connectivity index (χ0) is 15.7. The molecule has 0 radical (unpaired) electrons. The molecule has 0 saturated carbocycles. The van der Waals surface area contributed by atoms with Gasteiger partial charge in [0, 0.05) is 16.3 Å². The highest BCUT2D eigenvalue weighted by Crippen LogP contribution is 2.36. The fraction of sp³-hybridized carbons (Fsp3) is 0.333. The highest BCUT2D eigenvalue weighted by molar-refractivity contribution is 6.31. The van der Waals surface area contributed by atoms with E-state index in [0.717, 1.165) is 22.4 Å². The normalized spacial score (nSPS) is 12.3. The van der Waals surface area contributed by atoms with Crippen LogP contribution in [0.2, 0.25) is 5.02 Å². The van der Waals surface area contributed by atoms with Crippen molar-refractivity contribution in [3.05, 3.63) is 57.1 Å². The van der Waals surface area contributed by atoms with E-state index in [9.17, 15) is 5.11 Å². The van der Waals surface area contributed by atoms with E-state index < -0.39 is 0 Å². The lowest BCUT2D eigenvalue weighted by Gasteiger charge is -2.21. The third-order valence-corrected chi connectivity index (χ3v) is 4.67. The van der Waals surface area contributed by atoms with Crippen LogP contribution in [0.4, 0.5) is 5.69 Å². The molecule has 2 aromatic carbocycles. The molecular weight excluding hydrogens is 282 g/mol. The maximum absolute atomic E-state index is 10.4. The van der Waals surface area contributed by atoms with Crippen molar-refractivity contribution in [3.8, 4) is 5.75 Å². The zero-order valence-corrected chi connectivity index (χ0v) is 14.0. The van der Waals surface area contributed by atoms with Gasteiger partial charge in [-0.1, -0.05) is 23.7 Å². The summed E-state index contributed by atoms with van der Waals surface area (Å²) in [5.74, 6) is 0.321. The van der Waals surface area contributed by atoms with E-state index in [1.165, 1.54) is 11.1 Å². The Kier molecular flexibility index (Phi) is 4.48.